The summed E-state index contributed by atoms with van der Waals surface area (Å²) in [4.78, 5) is 21.7. The first-order valence-electron chi connectivity index (χ1n) is 9.17. The molecule has 0 aliphatic carbocycles. The summed E-state index contributed by atoms with van der Waals surface area (Å²) in [5.74, 6) is -0.837. The second-order valence-electron chi connectivity index (χ2n) is 5.72. The Morgan fingerprint density at radius 1 is 0.800 bits per heavy atom. The van der Waals surface area contributed by atoms with Gasteiger partial charge in [0.15, 0.2) is 5.78 Å². The molecule has 0 spiro atoms. The highest BCUT2D eigenvalue weighted by molar-refractivity contribution is 5.90. The number of hydrogen-bond acceptors (Lipinski definition) is 3. The second kappa shape index (κ2) is 18.2. The Kier molecular flexibility index (Phi) is 16.6. The lowest BCUT2D eigenvalue weighted by Gasteiger charge is -1.99. The molecule has 3 nitrogen and oxygen atoms in total. The zero-order valence-electron chi connectivity index (χ0n) is 15.4. The molecule has 0 rings (SSSR count). The quantitative estimate of drug-likeness (QED) is 0.189. The van der Waals surface area contributed by atoms with Crippen molar-refractivity contribution in [3.8, 4) is 0 Å². The van der Waals surface area contributed by atoms with Crippen LogP contribution in [0.5, 0.6) is 0 Å². The second-order valence-corrected chi connectivity index (χ2v) is 5.72. The smallest absolute Gasteiger partial charge is 0.159 e. The summed E-state index contributed by atoms with van der Waals surface area (Å²) in [7, 11) is 0. The molecule has 0 amide bonds. The van der Waals surface area contributed by atoms with E-state index in [0.29, 0.717) is 12.8 Å². The SMILES string of the molecule is CC/C=C\CC(=O)/C=C/C=C\C/C=C\C/C=C\CCCCCC(=O)[O-]. The van der Waals surface area contributed by atoms with Gasteiger partial charge in [0.2, 0.25) is 0 Å². The Labute approximate surface area is 152 Å². The Bertz CT molecular complexity index is 493. The fraction of sp³-hybridized carbons (Fsp3) is 0.455. The summed E-state index contributed by atoms with van der Waals surface area (Å²) in [6, 6.07) is 0. The zero-order chi connectivity index (χ0) is 18.6. The molecule has 3 heteroatoms. The number of ketones is 1. The van der Waals surface area contributed by atoms with Crippen molar-refractivity contribution in [1.82, 2.24) is 0 Å². The summed E-state index contributed by atoms with van der Waals surface area (Å²) >= 11 is 0. The van der Waals surface area contributed by atoms with Crippen molar-refractivity contribution in [2.24, 2.45) is 0 Å². The van der Waals surface area contributed by atoms with Gasteiger partial charge in [-0.2, -0.15) is 0 Å². The lowest BCUT2D eigenvalue weighted by atomic mass is 10.1. The Morgan fingerprint density at radius 3 is 2.24 bits per heavy atom. The molecule has 0 aliphatic rings. The molecule has 138 valence electrons. The van der Waals surface area contributed by atoms with Crippen LogP contribution in [0.3, 0.4) is 0 Å². The summed E-state index contributed by atoms with van der Waals surface area (Å²) in [6.45, 7) is 2.05. The third kappa shape index (κ3) is 19.8. The average molecular weight is 343 g/mol. The van der Waals surface area contributed by atoms with Crippen molar-refractivity contribution in [2.75, 3.05) is 0 Å². The van der Waals surface area contributed by atoms with Gasteiger partial charge in [-0.25, -0.2) is 0 Å². The molecule has 0 aromatic rings. The van der Waals surface area contributed by atoms with Gasteiger partial charge in [0.05, 0.1) is 0 Å². The van der Waals surface area contributed by atoms with Gasteiger partial charge < -0.3 is 9.90 Å². The first-order chi connectivity index (χ1) is 12.2. The van der Waals surface area contributed by atoms with Gasteiger partial charge in [-0.15, -0.1) is 0 Å². The molecule has 0 unspecified atom stereocenters. The molecule has 0 heterocycles. The van der Waals surface area contributed by atoms with Crippen LogP contribution in [0.2, 0.25) is 0 Å². The highest BCUT2D eigenvalue weighted by atomic mass is 16.4. The van der Waals surface area contributed by atoms with Gasteiger partial charge in [0, 0.05) is 12.4 Å². The number of carbonyl (C=O) groups excluding carboxylic acids is 2. The minimum atomic E-state index is -0.957. The van der Waals surface area contributed by atoms with Crippen molar-refractivity contribution in [1.29, 1.82) is 0 Å². The fourth-order valence-corrected chi connectivity index (χ4v) is 2.03. The topological polar surface area (TPSA) is 57.2 Å². The average Bonchev–Trinajstić information content (AvgIpc) is 2.58. The van der Waals surface area contributed by atoms with Gasteiger partial charge in [0.25, 0.3) is 0 Å². The maximum absolute atomic E-state index is 11.4. The van der Waals surface area contributed by atoms with Crippen molar-refractivity contribution in [2.45, 2.75) is 64.7 Å². The summed E-state index contributed by atoms with van der Waals surface area (Å²) < 4.78 is 0. The minimum Gasteiger partial charge on any atom is -0.550 e. The molecule has 0 saturated carbocycles. The Balaban J connectivity index is 3.58. The van der Waals surface area contributed by atoms with Crippen LogP contribution in [0, 0.1) is 0 Å². The zero-order valence-corrected chi connectivity index (χ0v) is 15.4. The predicted molar refractivity (Wildman–Crippen MR) is 103 cm³/mol. The molecule has 0 saturated heterocycles. The fourth-order valence-electron chi connectivity index (χ4n) is 2.03. The van der Waals surface area contributed by atoms with Crippen LogP contribution < -0.4 is 5.11 Å². The van der Waals surface area contributed by atoms with E-state index in [4.69, 9.17) is 0 Å². The van der Waals surface area contributed by atoms with E-state index in [-0.39, 0.29) is 12.2 Å². The first-order valence-corrected chi connectivity index (χ1v) is 9.17. The van der Waals surface area contributed by atoms with E-state index in [2.05, 4.69) is 24.3 Å². The van der Waals surface area contributed by atoms with E-state index in [1.807, 2.05) is 31.2 Å². The van der Waals surface area contributed by atoms with Gasteiger partial charge in [0.1, 0.15) is 0 Å². The van der Waals surface area contributed by atoms with Crippen molar-refractivity contribution >= 4 is 11.8 Å². The maximum Gasteiger partial charge on any atom is 0.159 e. The maximum atomic E-state index is 11.4. The number of unbranched alkanes of at least 4 members (excludes halogenated alkanes) is 3. The lowest BCUT2D eigenvalue weighted by Crippen LogP contribution is -2.21. The molecule has 0 N–H and O–H groups in total. The van der Waals surface area contributed by atoms with E-state index in [9.17, 15) is 14.7 Å². The first kappa shape index (κ1) is 22.8. The number of carboxylic acid groups (broad SMARTS) is 1. The molecule has 0 fully saturated rings. The molecule has 0 atom stereocenters. The normalized spacial score (nSPS) is 12.5. The number of hydrogen-bond donors (Lipinski definition) is 0. The van der Waals surface area contributed by atoms with Crippen LogP contribution in [-0.2, 0) is 9.59 Å². The van der Waals surface area contributed by atoms with Gasteiger partial charge in [-0.05, 0) is 51.0 Å². The van der Waals surface area contributed by atoms with Crippen molar-refractivity contribution < 1.29 is 14.7 Å². The summed E-state index contributed by atoms with van der Waals surface area (Å²) in [6.07, 6.45) is 26.7. The number of aliphatic carboxylic acids is 1. The minimum absolute atomic E-state index is 0.120. The summed E-state index contributed by atoms with van der Waals surface area (Å²) in [5, 5.41) is 10.2. The number of carbonyl (C=O) groups is 2. The monoisotopic (exact) mass is 343 g/mol. The highest BCUT2D eigenvalue weighted by Crippen LogP contribution is 2.03. The van der Waals surface area contributed by atoms with E-state index in [1.165, 1.54) is 0 Å². The van der Waals surface area contributed by atoms with Crippen LogP contribution >= 0.6 is 0 Å². The lowest BCUT2D eigenvalue weighted by molar-refractivity contribution is -0.305. The van der Waals surface area contributed by atoms with Crippen LogP contribution in [0.15, 0.2) is 60.8 Å². The van der Waals surface area contributed by atoms with Crippen LogP contribution in [-0.4, -0.2) is 11.8 Å². The molecule has 0 bridgehead atoms. The molecule has 25 heavy (non-hydrogen) atoms. The Hall–Kier alpha value is -2.16. The molecule has 0 aliphatic heterocycles. The predicted octanol–water partition coefficient (Wildman–Crippen LogP) is 4.62. The van der Waals surface area contributed by atoms with Gasteiger partial charge in [-0.3, -0.25) is 4.79 Å². The molecular formula is C22H31O3-. The van der Waals surface area contributed by atoms with Crippen LogP contribution in [0.25, 0.3) is 0 Å². The third-order valence-corrected chi connectivity index (χ3v) is 3.38. The van der Waals surface area contributed by atoms with E-state index < -0.39 is 5.97 Å². The molecule has 0 radical (unpaired) electrons. The summed E-state index contributed by atoms with van der Waals surface area (Å²) in [5.41, 5.74) is 0. The molecule has 0 aromatic heterocycles. The van der Waals surface area contributed by atoms with E-state index >= 15 is 0 Å². The number of rotatable bonds is 15. The highest BCUT2D eigenvalue weighted by Gasteiger charge is 1.89. The Morgan fingerprint density at radius 2 is 1.52 bits per heavy atom. The molecular weight excluding hydrogens is 312 g/mol. The largest absolute Gasteiger partial charge is 0.550 e. The van der Waals surface area contributed by atoms with E-state index in [1.54, 1.807) is 12.2 Å². The number of allylic oxidation sites excluding steroid dienone is 10. The molecule has 0 aromatic carbocycles. The van der Waals surface area contributed by atoms with Crippen LogP contribution in [0.1, 0.15) is 64.7 Å². The van der Waals surface area contributed by atoms with Gasteiger partial charge >= 0.3 is 0 Å². The van der Waals surface area contributed by atoms with E-state index in [0.717, 1.165) is 38.5 Å². The van der Waals surface area contributed by atoms with Crippen molar-refractivity contribution in [3.63, 3.8) is 0 Å². The number of carboxylic acids is 1. The van der Waals surface area contributed by atoms with Gasteiger partial charge in [-0.1, -0.05) is 68.0 Å². The van der Waals surface area contributed by atoms with Crippen molar-refractivity contribution in [3.05, 3.63) is 60.8 Å². The standard InChI is InChI=1S/C22H32O3/c1-2-3-15-18-21(23)19-16-13-11-9-7-5-4-6-8-10-12-14-17-20-22(24)25/h3,5-8,11,13,15-16,19H,2,4,9-10,12,14,17-18,20H2,1H3,(H,24,25)/p-1/b7-5-,8-6-,13-11-,15-3-,19-16+. The van der Waals surface area contributed by atoms with Crippen LogP contribution in [0.4, 0.5) is 0 Å². The third-order valence-electron chi connectivity index (χ3n) is 3.38.